The number of anilines is 2. The van der Waals surface area contributed by atoms with E-state index < -0.39 is 0 Å². The van der Waals surface area contributed by atoms with Gasteiger partial charge in [0.15, 0.2) is 5.82 Å². The van der Waals surface area contributed by atoms with Crippen molar-refractivity contribution in [1.29, 1.82) is 0 Å². The molecule has 0 amide bonds. The highest BCUT2D eigenvalue weighted by molar-refractivity contribution is 5.61. The minimum atomic E-state index is -0.141. The van der Waals surface area contributed by atoms with Crippen LogP contribution in [0.15, 0.2) is 12.5 Å². The van der Waals surface area contributed by atoms with E-state index in [1.54, 1.807) is 6.20 Å². The Morgan fingerprint density at radius 3 is 3.00 bits per heavy atom. The molecular weight excluding hydrogens is 204 g/mol. The van der Waals surface area contributed by atoms with Crippen molar-refractivity contribution in [3.63, 3.8) is 0 Å². The number of rotatable bonds is 1. The van der Waals surface area contributed by atoms with Gasteiger partial charge in [-0.25, -0.2) is 9.97 Å². The van der Waals surface area contributed by atoms with Gasteiger partial charge >= 0.3 is 0 Å². The van der Waals surface area contributed by atoms with Crippen LogP contribution in [-0.4, -0.2) is 34.3 Å². The van der Waals surface area contributed by atoms with Crippen LogP contribution in [0.25, 0.3) is 0 Å². The molecule has 1 saturated heterocycles. The van der Waals surface area contributed by atoms with Crippen LogP contribution in [0.3, 0.4) is 0 Å². The van der Waals surface area contributed by atoms with Crippen LogP contribution >= 0.6 is 0 Å². The summed E-state index contributed by atoms with van der Waals surface area (Å²) in [4.78, 5) is 10.3. The first-order valence-corrected chi connectivity index (χ1v) is 5.74. The molecule has 0 bridgehead atoms. The van der Waals surface area contributed by atoms with Crippen LogP contribution in [-0.2, 0) is 0 Å². The minimum Gasteiger partial charge on any atom is -0.394 e. The molecule has 3 unspecified atom stereocenters. The fraction of sp³-hybridized carbons (Fsp3) is 0.636. The maximum absolute atomic E-state index is 9.84. The number of hydrogen-bond acceptors (Lipinski definition) is 5. The molecule has 86 valence electrons. The molecule has 16 heavy (non-hydrogen) atoms. The van der Waals surface area contributed by atoms with Crippen molar-refractivity contribution in [3.8, 4) is 0 Å². The molecule has 3 rings (SSSR count). The molecule has 3 N–H and O–H groups in total. The maximum Gasteiger partial charge on any atom is 0.155 e. The third kappa shape index (κ3) is 1.43. The van der Waals surface area contributed by atoms with Gasteiger partial charge in [0.05, 0.1) is 18.0 Å². The van der Waals surface area contributed by atoms with Crippen molar-refractivity contribution < 1.29 is 5.11 Å². The summed E-state index contributed by atoms with van der Waals surface area (Å²) < 4.78 is 0. The topological polar surface area (TPSA) is 75.3 Å². The van der Waals surface area contributed by atoms with Crippen LogP contribution in [0.5, 0.6) is 0 Å². The highest BCUT2D eigenvalue weighted by Crippen LogP contribution is 2.40. The fourth-order valence-corrected chi connectivity index (χ4v) is 3.01. The van der Waals surface area contributed by atoms with Gasteiger partial charge in [0.2, 0.25) is 0 Å². The number of hydrogen-bond donors (Lipinski definition) is 2. The summed E-state index contributed by atoms with van der Waals surface area (Å²) >= 11 is 0. The van der Waals surface area contributed by atoms with E-state index in [9.17, 15) is 5.11 Å². The highest BCUT2D eigenvalue weighted by atomic mass is 16.3. The molecular formula is C11H16N4O. The first-order valence-electron chi connectivity index (χ1n) is 5.74. The summed E-state index contributed by atoms with van der Waals surface area (Å²) in [7, 11) is 0. The molecule has 2 fully saturated rings. The number of fused-ring (bicyclic) bond motifs is 1. The molecule has 5 nitrogen and oxygen atoms in total. The van der Waals surface area contributed by atoms with Gasteiger partial charge in [-0.2, -0.15) is 0 Å². The fourth-order valence-electron chi connectivity index (χ4n) is 3.01. The molecule has 1 saturated carbocycles. The first-order chi connectivity index (χ1) is 7.75. The first kappa shape index (κ1) is 9.84. The van der Waals surface area contributed by atoms with Gasteiger partial charge in [-0.15, -0.1) is 0 Å². The largest absolute Gasteiger partial charge is 0.394 e. The Balaban J connectivity index is 1.82. The van der Waals surface area contributed by atoms with Gasteiger partial charge in [-0.3, -0.25) is 0 Å². The maximum atomic E-state index is 9.84. The number of nitrogens with zero attached hydrogens (tertiary/aromatic N) is 3. The molecule has 2 aliphatic rings. The van der Waals surface area contributed by atoms with Gasteiger partial charge in [0.25, 0.3) is 0 Å². The van der Waals surface area contributed by atoms with Crippen LogP contribution in [0.2, 0.25) is 0 Å². The highest BCUT2D eigenvalue weighted by Gasteiger charge is 2.42. The van der Waals surface area contributed by atoms with Crippen molar-refractivity contribution in [2.45, 2.75) is 18.9 Å². The lowest BCUT2D eigenvalue weighted by Gasteiger charge is -2.20. The lowest BCUT2D eigenvalue weighted by Crippen LogP contribution is -2.25. The number of aliphatic hydroxyl groups excluding tert-OH is 1. The molecule has 2 heterocycles. The Kier molecular flexibility index (Phi) is 2.21. The van der Waals surface area contributed by atoms with E-state index in [0.717, 1.165) is 31.7 Å². The molecule has 3 atom stereocenters. The molecule has 5 heteroatoms. The average Bonchev–Trinajstić information content (AvgIpc) is 2.82. The summed E-state index contributed by atoms with van der Waals surface area (Å²) in [5.41, 5.74) is 6.48. The standard InChI is InChI=1S/C11H16N4O/c12-9-3-13-6-14-11(9)15-4-7-1-2-10(16)8(7)5-15/h3,6-8,10,16H,1-2,4-5,12H2. The summed E-state index contributed by atoms with van der Waals surface area (Å²) in [5.74, 6) is 1.82. The second kappa shape index (κ2) is 3.59. The second-order valence-corrected chi connectivity index (χ2v) is 4.78. The Hall–Kier alpha value is -1.36. The summed E-state index contributed by atoms with van der Waals surface area (Å²) in [5, 5.41) is 9.84. The molecule has 1 aromatic rings. The third-order valence-corrected chi connectivity index (χ3v) is 3.84. The number of nitrogens with two attached hydrogens (primary N) is 1. The molecule has 1 aliphatic carbocycles. The average molecular weight is 220 g/mol. The van der Waals surface area contributed by atoms with Crippen LogP contribution < -0.4 is 10.6 Å². The molecule has 1 aromatic heterocycles. The van der Waals surface area contributed by atoms with Crippen molar-refractivity contribution in [2.75, 3.05) is 23.7 Å². The van der Waals surface area contributed by atoms with Crippen molar-refractivity contribution in [2.24, 2.45) is 11.8 Å². The summed E-state index contributed by atoms with van der Waals surface area (Å²) in [6.45, 7) is 1.83. The van der Waals surface area contributed by atoms with Gasteiger partial charge in [0.1, 0.15) is 6.33 Å². The van der Waals surface area contributed by atoms with Gasteiger partial charge in [0, 0.05) is 19.0 Å². The second-order valence-electron chi connectivity index (χ2n) is 4.78. The zero-order chi connectivity index (χ0) is 11.1. The number of aromatic nitrogens is 2. The van der Waals surface area contributed by atoms with Crippen LogP contribution in [0.1, 0.15) is 12.8 Å². The van der Waals surface area contributed by atoms with Crippen molar-refractivity contribution in [3.05, 3.63) is 12.5 Å². The summed E-state index contributed by atoms with van der Waals surface area (Å²) in [6.07, 6.45) is 5.08. The molecule has 1 aliphatic heterocycles. The summed E-state index contributed by atoms with van der Waals surface area (Å²) in [6, 6.07) is 0. The number of aliphatic hydroxyl groups is 1. The predicted octanol–water partition coefficient (Wildman–Crippen LogP) is 0.266. The van der Waals surface area contributed by atoms with E-state index in [0.29, 0.717) is 17.5 Å². The lowest BCUT2D eigenvalue weighted by molar-refractivity contribution is 0.133. The van der Waals surface area contributed by atoms with Gasteiger partial charge in [-0.05, 0) is 18.8 Å². The Labute approximate surface area is 94.3 Å². The molecule has 0 spiro atoms. The smallest absolute Gasteiger partial charge is 0.155 e. The van der Waals surface area contributed by atoms with Gasteiger partial charge in [-0.1, -0.05) is 0 Å². The Morgan fingerprint density at radius 2 is 2.25 bits per heavy atom. The molecule has 0 radical (unpaired) electrons. The zero-order valence-corrected chi connectivity index (χ0v) is 9.08. The monoisotopic (exact) mass is 220 g/mol. The Morgan fingerprint density at radius 1 is 1.38 bits per heavy atom. The van der Waals surface area contributed by atoms with Crippen LogP contribution in [0.4, 0.5) is 11.5 Å². The molecule has 0 aromatic carbocycles. The third-order valence-electron chi connectivity index (χ3n) is 3.84. The van der Waals surface area contributed by atoms with E-state index >= 15 is 0 Å². The minimum absolute atomic E-state index is 0.141. The van der Waals surface area contributed by atoms with E-state index in [1.165, 1.54) is 6.33 Å². The zero-order valence-electron chi connectivity index (χ0n) is 9.08. The van der Waals surface area contributed by atoms with E-state index in [1.807, 2.05) is 0 Å². The van der Waals surface area contributed by atoms with E-state index in [-0.39, 0.29) is 6.10 Å². The lowest BCUT2D eigenvalue weighted by atomic mass is 10.00. The van der Waals surface area contributed by atoms with Crippen LogP contribution in [0, 0.1) is 11.8 Å². The van der Waals surface area contributed by atoms with E-state index in [2.05, 4.69) is 14.9 Å². The van der Waals surface area contributed by atoms with Gasteiger partial charge < -0.3 is 15.7 Å². The van der Waals surface area contributed by atoms with E-state index in [4.69, 9.17) is 5.73 Å². The predicted molar refractivity (Wildman–Crippen MR) is 60.9 cm³/mol. The van der Waals surface area contributed by atoms with Crippen molar-refractivity contribution in [1.82, 2.24) is 9.97 Å². The SMILES string of the molecule is Nc1cncnc1N1CC2CCC(O)C2C1. The number of nitrogen functional groups attached to an aromatic ring is 1. The normalized spacial score (nSPS) is 33.1. The quantitative estimate of drug-likeness (QED) is 0.710. The van der Waals surface area contributed by atoms with Crippen molar-refractivity contribution >= 4 is 11.5 Å². The Bertz CT molecular complexity index is 397.